The van der Waals surface area contributed by atoms with E-state index in [4.69, 9.17) is 4.74 Å². The number of fused-ring (bicyclic) bond motifs is 1. The molecule has 1 fully saturated rings. The number of carbonyl (C=O) groups is 2. The van der Waals surface area contributed by atoms with Crippen molar-refractivity contribution in [3.63, 3.8) is 0 Å². The van der Waals surface area contributed by atoms with Gasteiger partial charge in [0.25, 0.3) is 11.8 Å². The number of rotatable bonds is 3. The van der Waals surface area contributed by atoms with E-state index in [1.807, 2.05) is 29.2 Å². The lowest BCUT2D eigenvalue weighted by atomic mass is 10.1. The summed E-state index contributed by atoms with van der Waals surface area (Å²) in [6, 6.07) is 14.8. The molecule has 2 aliphatic rings. The first kappa shape index (κ1) is 15.7. The van der Waals surface area contributed by atoms with E-state index in [9.17, 15) is 9.59 Å². The van der Waals surface area contributed by atoms with Crippen LogP contribution in [0.1, 0.15) is 28.8 Å². The van der Waals surface area contributed by atoms with E-state index >= 15 is 0 Å². The van der Waals surface area contributed by atoms with Crippen molar-refractivity contribution in [2.24, 2.45) is 0 Å². The van der Waals surface area contributed by atoms with E-state index in [0.717, 1.165) is 37.2 Å². The van der Waals surface area contributed by atoms with Gasteiger partial charge in [-0.15, -0.1) is 0 Å². The molecular formula is C20H20N2O3. The fraction of sp³-hybridized carbons (Fsp3) is 0.300. The third kappa shape index (κ3) is 3.22. The lowest BCUT2D eigenvalue weighted by molar-refractivity contribution is -0.122. The number of hydrogen-bond acceptors (Lipinski definition) is 3. The number of likely N-dealkylation sites (tertiary alicyclic amines) is 1. The number of carbonyl (C=O) groups excluding carboxylic acids is 2. The second-order valence-corrected chi connectivity index (χ2v) is 6.48. The van der Waals surface area contributed by atoms with Crippen LogP contribution in [0.25, 0.3) is 0 Å². The molecule has 5 heteroatoms. The predicted molar refractivity (Wildman–Crippen MR) is 94.8 cm³/mol. The van der Waals surface area contributed by atoms with Gasteiger partial charge in [0, 0.05) is 30.8 Å². The molecule has 2 aliphatic heterocycles. The first-order valence-corrected chi connectivity index (χ1v) is 8.65. The fourth-order valence-electron chi connectivity index (χ4n) is 3.35. The van der Waals surface area contributed by atoms with E-state index in [0.29, 0.717) is 17.7 Å². The average Bonchev–Trinajstić information content (AvgIpc) is 3.31. The van der Waals surface area contributed by atoms with Crippen LogP contribution in [0.5, 0.6) is 5.75 Å². The molecule has 4 rings (SSSR count). The molecule has 1 atom stereocenters. The highest BCUT2D eigenvalue weighted by molar-refractivity contribution is 5.97. The second-order valence-electron chi connectivity index (χ2n) is 6.48. The SMILES string of the molecule is O=C(Nc1ccc(C(=O)N2CCCC2)cc1)C1Cc2ccccc2O1. The van der Waals surface area contributed by atoms with Crippen molar-refractivity contribution in [2.45, 2.75) is 25.4 Å². The lowest BCUT2D eigenvalue weighted by Crippen LogP contribution is -2.31. The summed E-state index contributed by atoms with van der Waals surface area (Å²) >= 11 is 0. The molecule has 2 aromatic carbocycles. The van der Waals surface area contributed by atoms with E-state index in [1.54, 1.807) is 24.3 Å². The minimum atomic E-state index is -0.511. The van der Waals surface area contributed by atoms with E-state index < -0.39 is 6.10 Å². The summed E-state index contributed by atoms with van der Waals surface area (Å²) in [7, 11) is 0. The summed E-state index contributed by atoms with van der Waals surface area (Å²) in [5, 5.41) is 2.87. The molecule has 25 heavy (non-hydrogen) atoms. The second kappa shape index (κ2) is 6.59. The molecule has 2 amide bonds. The van der Waals surface area contributed by atoms with E-state index in [1.165, 1.54) is 0 Å². The Hall–Kier alpha value is -2.82. The van der Waals surface area contributed by atoms with Crippen LogP contribution >= 0.6 is 0 Å². The van der Waals surface area contributed by atoms with Gasteiger partial charge in [-0.25, -0.2) is 0 Å². The van der Waals surface area contributed by atoms with E-state index in [2.05, 4.69) is 5.32 Å². The highest BCUT2D eigenvalue weighted by Crippen LogP contribution is 2.28. The molecular weight excluding hydrogens is 316 g/mol. The zero-order valence-corrected chi connectivity index (χ0v) is 13.9. The molecule has 5 nitrogen and oxygen atoms in total. The number of anilines is 1. The van der Waals surface area contributed by atoms with Gasteiger partial charge in [0.2, 0.25) is 0 Å². The van der Waals surface area contributed by atoms with Crippen molar-refractivity contribution in [1.82, 2.24) is 4.90 Å². The van der Waals surface area contributed by atoms with Gasteiger partial charge in [0.05, 0.1) is 0 Å². The van der Waals surface area contributed by atoms with Gasteiger partial charge in [-0.05, 0) is 48.7 Å². The molecule has 0 saturated carbocycles. The third-order valence-corrected chi connectivity index (χ3v) is 4.73. The number of benzene rings is 2. The maximum atomic E-state index is 12.4. The fourth-order valence-corrected chi connectivity index (χ4v) is 3.35. The van der Waals surface area contributed by atoms with Crippen molar-refractivity contribution >= 4 is 17.5 Å². The number of nitrogens with one attached hydrogen (secondary N) is 1. The van der Waals surface area contributed by atoms with Crippen LogP contribution in [0.2, 0.25) is 0 Å². The Morgan fingerprint density at radius 1 is 1.00 bits per heavy atom. The van der Waals surface area contributed by atoms with Crippen molar-refractivity contribution in [1.29, 1.82) is 0 Å². The molecule has 0 radical (unpaired) electrons. The van der Waals surface area contributed by atoms with Gasteiger partial charge in [0.15, 0.2) is 6.10 Å². The number of para-hydroxylation sites is 1. The van der Waals surface area contributed by atoms with Crippen LogP contribution in [0.15, 0.2) is 48.5 Å². The van der Waals surface area contributed by atoms with Gasteiger partial charge in [0.1, 0.15) is 5.75 Å². The summed E-state index contributed by atoms with van der Waals surface area (Å²) in [6.07, 6.45) is 2.21. The van der Waals surface area contributed by atoms with E-state index in [-0.39, 0.29) is 11.8 Å². The predicted octanol–water partition coefficient (Wildman–Crippen LogP) is 2.86. The number of amides is 2. The third-order valence-electron chi connectivity index (χ3n) is 4.73. The van der Waals surface area contributed by atoms with Crippen LogP contribution in [0.4, 0.5) is 5.69 Å². The summed E-state index contributed by atoms with van der Waals surface area (Å²) in [5.41, 5.74) is 2.38. The Bertz CT molecular complexity index is 770. The maximum Gasteiger partial charge on any atom is 0.265 e. The first-order chi connectivity index (χ1) is 12.2. The molecule has 1 N–H and O–H groups in total. The van der Waals surface area contributed by atoms with Gasteiger partial charge < -0.3 is 15.0 Å². The Balaban J connectivity index is 1.38. The van der Waals surface area contributed by atoms with Gasteiger partial charge in [-0.1, -0.05) is 18.2 Å². The maximum absolute atomic E-state index is 12.4. The van der Waals surface area contributed by atoms with Crippen LogP contribution in [-0.2, 0) is 11.2 Å². The zero-order chi connectivity index (χ0) is 17.2. The summed E-state index contributed by atoms with van der Waals surface area (Å²) < 4.78 is 5.70. The lowest BCUT2D eigenvalue weighted by Gasteiger charge is -2.15. The zero-order valence-electron chi connectivity index (χ0n) is 13.9. The van der Waals surface area contributed by atoms with Crippen LogP contribution in [0, 0.1) is 0 Å². The van der Waals surface area contributed by atoms with Crippen molar-refractivity contribution < 1.29 is 14.3 Å². The monoisotopic (exact) mass is 336 g/mol. The standard InChI is InChI=1S/C20H20N2O3/c23-19(18-13-15-5-1-2-6-17(15)25-18)21-16-9-7-14(8-10-16)20(24)22-11-3-4-12-22/h1-2,5-10,18H,3-4,11-13H2,(H,21,23). The molecule has 0 spiro atoms. The van der Waals surface area contributed by atoms with Crippen molar-refractivity contribution in [3.8, 4) is 5.75 Å². The molecule has 2 heterocycles. The van der Waals surface area contributed by atoms with Gasteiger partial charge >= 0.3 is 0 Å². The smallest absolute Gasteiger partial charge is 0.265 e. The number of ether oxygens (including phenoxy) is 1. The average molecular weight is 336 g/mol. The van der Waals surface area contributed by atoms with Gasteiger partial charge in [-0.3, -0.25) is 9.59 Å². The Kier molecular flexibility index (Phi) is 4.14. The minimum Gasteiger partial charge on any atom is -0.480 e. The van der Waals surface area contributed by atoms with Crippen molar-refractivity contribution in [2.75, 3.05) is 18.4 Å². The van der Waals surface area contributed by atoms with Crippen molar-refractivity contribution in [3.05, 3.63) is 59.7 Å². The van der Waals surface area contributed by atoms with Gasteiger partial charge in [-0.2, -0.15) is 0 Å². The topological polar surface area (TPSA) is 58.6 Å². The molecule has 1 saturated heterocycles. The molecule has 128 valence electrons. The first-order valence-electron chi connectivity index (χ1n) is 8.65. The summed E-state index contributed by atoms with van der Waals surface area (Å²) in [6.45, 7) is 1.66. The highest BCUT2D eigenvalue weighted by Gasteiger charge is 2.28. The number of nitrogens with zero attached hydrogens (tertiary/aromatic N) is 1. The van der Waals surface area contributed by atoms with Crippen LogP contribution in [-0.4, -0.2) is 35.9 Å². The summed E-state index contributed by atoms with van der Waals surface area (Å²) in [4.78, 5) is 26.6. The normalized spacial score (nSPS) is 18.6. The minimum absolute atomic E-state index is 0.0601. The molecule has 0 bridgehead atoms. The quantitative estimate of drug-likeness (QED) is 0.938. The Morgan fingerprint density at radius 3 is 2.44 bits per heavy atom. The number of hydrogen-bond donors (Lipinski definition) is 1. The molecule has 0 aliphatic carbocycles. The Labute approximate surface area is 146 Å². The molecule has 1 unspecified atom stereocenters. The Morgan fingerprint density at radius 2 is 1.72 bits per heavy atom. The highest BCUT2D eigenvalue weighted by atomic mass is 16.5. The molecule has 0 aromatic heterocycles. The summed E-state index contributed by atoms with van der Waals surface area (Å²) in [5.74, 6) is 0.661. The molecule has 2 aromatic rings. The largest absolute Gasteiger partial charge is 0.480 e. The van der Waals surface area contributed by atoms with Crippen LogP contribution in [0.3, 0.4) is 0 Å². The van der Waals surface area contributed by atoms with Crippen LogP contribution < -0.4 is 10.1 Å².